The molecule has 1 saturated heterocycles. The molecule has 25 heavy (non-hydrogen) atoms. The summed E-state index contributed by atoms with van der Waals surface area (Å²) in [5.74, 6) is 0.446. The Morgan fingerprint density at radius 3 is 2.56 bits per heavy atom. The number of amides is 1. The largest absolute Gasteiger partial charge is 0.450 e. The van der Waals surface area contributed by atoms with Crippen molar-refractivity contribution >= 4 is 12.1 Å². The number of nitrogens with zero attached hydrogens (tertiary/aromatic N) is 2. The molecule has 0 aromatic heterocycles. The van der Waals surface area contributed by atoms with Gasteiger partial charge in [-0.3, -0.25) is 4.99 Å². The van der Waals surface area contributed by atoms with Gasteiger partial charge in [0.15, 0.2) is 5.96 Å². The van der Waals surface area contributed by atoms with Crippen LogP contribution in [0.25, 0.3) is 0 Å². The molecule has 0 bridgehead atoms. The zero-order valence-electron chi connectivity index (χ0n) is 14.8. The molecule has 0 saturated carbocycles. The molecule has 0 aliphatic carbocycles. The molecule has 1 aliphatic rings. The monoisotopic (exact) mass is 348 g/mol. The van der Waals surface area contributed by atoms with Crippen molar-refractivity contribution in [3.8, 4) is 0 Å². The topological polar surface area (TPSA) is 100 Å². The van der Waals surface area contributed by atoms with Crippen molar-refractivity contribution in [2.24, 2.45) is 10.7 Å². The third-order valence-electron chi connectivity index (χ3n) is 4.26. The number of benzene rings is 1. The van der Waals surface area contributed by atoms with E-state index in [1.807, 2.05) is 31.2 Å². The zero-order valence-corrected chi connectivity index (χ0v) is 14.8. The lowest BCUT2D eigenvalue weighted by molar-refractivity contribution is 0.0963. The summed E-state index contributed by atoms with van der Waals surface area (Å²) in [7, 11) is 0. The van der Waals surface area contributed by atoms with Crippen molar-refractivity contribution in [2.75, 3.05) is 26.2 Å². The Morgan fingerprint density at radius 2 is 1.96 bits per heavy atom. The summed E-state index contributed by atoms with van der Waals surface area (Å²) in [5, 5.41) is 12.3. The highest BCUT2D eigenvalue weighted by molar-refractivity contribution is 5.78. The molecular weight excluding hydrogens is 320 g/mol. The molecule has 1 aromatic carbocycles. The maximum Gasteiger partial charge on any atom is 0.409 e. The number of nitrogens with two attached hydrogens (primary N) is 1. The Labute approximate surface area is 148 Å². The fraction of sp³-hybridized carbons (Fsp3) is 0.556. The molecule has 138 valence electrons. The predicted molar refractivity (Wildman–Crippen MR) is 97.3 cm³/mol. The normalized spacial score (nSPS) is 15.9. The van der Waals surface area contributed by atoms with Crippen LogP contribution in [0.15, 0.2) is 29.3 Å². The highest BCUT2D eigenvalue weighted by atomic mass is 16.6. The first-order valence-electron chi connectivity index (χ1n) is 8.79. The number of hydrogen-bond donors (Lipinski definition) is 3. The maximum atomic E-state index is 11.7. The van der Waals surface area contributed by atoms with Crippen LogP contribution in [0.2, 0.25) is 0 Å². The van der Waals surface area contributed by atoms with Crippen LogP contribution in [-0.2, 0) is 17.8 Å². The molecule has 2 rings (SSSR count). The number of aliphatic imine (C=N–C) groups is 1. The number of ether oxygens (including phenoxy) is 1. The Kier molecular flexibility index (Phi) is 7.53. The van der Waals surface area contributed by atoms with Gasteiger partial charge in [0.2, 0.25) is 0 Å². The van der Waals surface area contributed by atoms with E-state index in [4.69, 9.17) is 15.6 Å². The molecule has 7 nitrogen and oxygen atoms in total. The average Bonchev–Trinajstić information content (AvgIpc) is 2.63. The fourth-order valence-electron chi connectivity index (χ4n) is 2.79. The molecular formula is C18H28N4O3. The summed E-state index contributed by atoms with van der Waals surface area (Å²) in [5.41, 5.74) is 8.03. The maximum absolute atomic E-state index is 11.7. The van der Waals surface area contributed by atoms with Gasteiger partial charge < -0.3 is 25.8 Å². The van der Waals surface area contributed by atoms with E-state index in [0.29, 0.717) is 32.2 Å². The highest BCUT2D eigenvalue weighted by Crippen LogP contribution is 2.11. The number of guanidine groups is 1. The number of hydrogen-bond acceptors (Lipinski definition) is 4. The van der Waals surface area contributed by atoms with Gasteiger partial charge in [0.25, 0.3) is 0 Å². The Hall–Kier alpha value is -2.28. The lowest BCUT2D eigenvalue weighted by atomic mass is 10.1. The van der Waals surface area contributed by atoms with Crippen molar-refractivity contribution in [1.29, 1.82) is 0 Å². The van der Waals surface area contributed by atoms with Crippen molar-refractivity contribution in [3.63, 3.8) is 0 Å². The van der Waals surface area contributed by atoms with Gasteiger partial charge in [-0.15, -0.1) is 0 Å². The molecule has 0 unspecified atom stereocenters. The van der Waals surface area contributed by atoms with Crippen molar-refractivity contribution in [1.82, 2.24) is 10.2 Å². The van der Waals surface area contributed by atoms with E-state index in [1.165, 1.54) is 0 Å². The number of rotatable bonds is 6. The number of piperidine rings is 1. The Balaban J connectivity index is 1.70. The molecule has 4 N–H and O–H groups in total. The van der Waals surface area contributed by atoms with Crippen molar-refractivity contribution in [2.45, 2.75) is 38.8 Å². The van der Waals surface area contributed by atoms with Gasteiger partial charge in [0.05, 0.1) is 13.2 Å². The van der Waals surface area contributed by atoms with Gasteiger partial charge in [-0.25, -0.2) is 4.79 Å². The highest BCUT2D eigenvalue weighted by Gasteiger charge is 2.23. The number of carbonyl (C=O) groups is 1. The van der Waals surface area contributed by atoms with Crippen LogP contribution in [0.1, 0.15) is 30.9 Å². The second-order valence-corrected chi connectivity index (χ2v) is 6.10. The summed E-state index contributed by atoms with van der Waals surface area (Å²) in [6.45, 7) is 4.22. The van der Waals surface area contributed by atoms with Crippen LogP contribution < -0.4 is 11.1 Å². The number of aliphatic hydroxyl groups is 1. The third kappa shape index (κ3) is 6.26. The van der Waals surface area contributed by atoms with Crippen LogP contribution >= 0.6 is 0 Å². The van der Waals surface area contributed by atoms with E-state index in [-0.39, 0.29) is 18.7 Å². The van der Waals surface area contributed by atoms with Crippen molar-refractivity contribution in [3.05, 3.63) is 35.4 Å². The van der Waals surface area contributed by atoms with E-state index < -0.39 is 0 Å². The molecule has 1 aliphatic heterocycles. The summed E-state index contributed by atoms with van der Waals surface area (Å²) >= 11 is 0. The van der Waals surface area contributed by atoms with Gasteiger partial charge in [-0.2, -0.15) is 0 Å². The van der Waals surface area contributed by atoms with E-state index in [0.717, 1.165) is 30.4 Å². The summed E-state index contributed by atoms with van der Waals surface area (Å²) in [6, 6.07) is 8.06. The van der Waals surface area contributed by atoms with E-state index in [9.17, 15) is 4.79 Å². The van der Waals surface area contributed by atoms with Gasteiger partial charge in [-0.05, 0) is 37.3 Å². The lowest BCUT2D eigenvalue weighted by Crippen LogP contribution is -2.48. The molecule has 1 amide bonds. The molecule has 0 atom stereocenters. The number of nitrogens with one attached hydrogen (secondary N) is 1. The average molecular weight is 348 g/mol. The molecule has 7 heteroatoms. The molecule has 1 heterocycles. The predicted octanol–water partition coefficient (Wildman–Crippen LogP) is 1.25. The molecule has 1 fully saturated rings. The van der Waals surface area contributed by atoms with Crippen LogP contribution in [0.4, 0.5) is 4.79 Å². The number of likely N-dealkylation sites (tertiary alicyclic amines) is 1. The standard InChI is InChI=1S/C18H28N4O3/c1-2-25-18(24)22-11-8-16(9-12-22)21-17(19)20-10-7-14-3-5-15(13-23)6-4-14/h3-6,16,23H,2,7-13H2,1H3,(H3,19,20,21). The first-order valence-corrected chi connectivity index (χ1v) is 8.79. The lowest BCUT2D eigenvalue weighted by Gasteiger charge is -2.31. The Bertz CT molecular complexity index is 566. The molecule has 1 aromatic rings. The van der Waals surface area contributed by atoms with Gasteiger partial charge in [-0.1, -0.05) is 24.3 Å². The van der Waals surface area contributed by atoms with Crippen LogP contribution in [0.3, 0.4) is 0 Å². The van der Waals surface area contributed by atoms with Gasteiger partial charge in [0, 0.05) is 25.7 Å². The SMILES string of the molecule is CCOC(=O)N1CCC(NC(N)=NCCc2ccc(CO)cc2)CC1. The zero-order chi connectivity index (χ0) is 18.1. The van der Waals surface area contributed by atoms with E-state index in [2.05, 4.69) is 10.3 Å². The number of aliphatic hydroxyl groups excluding tert-OH is 1. The second-order valence-electron chi connectivity index (χ2n) is 6.10. The van der Waals surface area contributed by atoms with Gasteiger partial charge in [0.1, 0.15) is 0 Å². The quantitative estimate of drug-likeness (QED) is 0.531. The molecule has 0 spiro atoms. The van der Waals surface area contributed by atoms with Crippen LogP contribution in [0.5, 0.6) is 0 Å². The second kappa shape index (κ2) is 9.88. The smallest absolute Gasteiger partial charge is 0.409 e. The van der Waals surface area contributed by atoms with Crippen LogP contribution in [-0.4, -0.2) is 54.3 Å². The third-order valence-corrected chi connectivity index (χ3v) is 4.26. The van der Waals surface area contributed by atoms with E-state index in [1.54, 1.807) is 4.90 Å². The van der Waals surface area contributed by atoms with Crippen molar-refractivity contribution < 1.29 is 14.6 Å². The van der Waals surface area contributed by atoms with Crippen LogP contribution in [0, 0.1) is 0 Å². The van der Waals surface area contributed by atoms with Gasteiger partial charge >= 0.3 is 6.09 Å². The Morgan fingerprint density at radius 1 is 1.32 bits per heavy atom. The summed E-state index contributed by atoms with van der Waals surface area (Å²) < 4.78 is 5.01. The minimum absolute atomic E-state index is 0.0598. The number of carbonyl (C=O) groups excluding carboxylic acids is 1. The van der Waals surface area contributed by atoms with E-state index >= 15 is 0 Å². The minimum atomic E-state index is -0.241. The molecule has 0 radical (unpaired) electrons. The first kappa shape index (κ1) is 19.1. The summed E-state index contributed by atoms with van der Waals surface area (Å²) in [6.07, 6.45) is 2.22. The minimum Gasteiger partial charge on any atom is -0.450 e. The first-order chi connectivity index (χ1) is 12.1. The summed E-state index contributed by atoms with van der Waals surface area (Å²) in [4.78, 5) is 17.8. The fourth-order valence-corrected chi connectivity index (χ4v) is 2.79.